The molecular formula is C12H19N3O2. The number of carbonyl (C=O) groups excluding carboxylic acids is 1. The molecule has 1 aromatic rings. The van der Waals surface area contributed by atoms with Gasteiger partial charge in [0, 0.05) is 24.7 Å². The lowest BCUT2D eigenvalue weighted by Crippen LogP contribution is -2.45. The van der Waals surface area contributed by atoms with Crippen LogP contribution in [0.15, 0.2) is 10.7 Å². The fourth-order valence-electron chi connectivity index (χ4n) is 2.26. The number of rotatable bonds is 2. The van der Waals surface area contributed by atoms with Crippen LogP contribution in [0, 0.1) is 12.8 Å². The summed E-state index contributed by atoms with van der Waals surface area (Å²) < 4.78 is 5.00. The van der Waals surface area contributed by atoms with Crippen LogP contribution in [0.4, 0.5) is 0 Å². The minimum atomic E-state index is -0.0645. The molecule has 1 aromatic heterocycles. The van der Waals surface area contributed by atoms with Crippen molar-refractivity contribution in [2.75, 3.05) is 13.1 Å². The van der Waals surface area contributed by atoms with E-state index in [1.54, 1.807) is 6.20 Å². The molecule has 2 atom stereocenters. The van der Waals surface area contributed by atoms with Gasteiger partial charge in [-0.25, -0.2) is 0 Å². The SMILES string of the molecule is Cc1cnoc1C(=O)N1CCCC(C(C)N)C1. The fourth-order valence-corrected chi connectivity index (χ4v) is 2.26. The Bertz CT molecular complexity index is 400. The molecule has 0 radical (unpaired) electrons. The number of hydrogen-bond donors (Lipinski definition) is 1. The first-order valence-corrected chi connectivity index (χ1v) is 6.05. The highest BCUT2D eigenvalue weighted by molar-refractivity contribution is 5.92. The second-order valence-electron chi connectivity index (χ2n) is 4.85. The molecule has 2 N–H and O–H groups in total. The Morgan fingerprint density at radius 2 is 2.47 bits per heavy atom. The van der Waals surface area contributed by atoms with Gasteiger partial charge in [0.1, 0.15) is 0 Å². The summed E-state index contributed by atoms with van der Waals surface area (Å²) in [5, 5.41) is 3.64. The van der Waals surface area contributed by atoms with Crippen molar-refractivity contribution in [3.8, 4) is 0 Å². The van der Waals surface area contributed by atoms with E-state index < -0.39 is 0 Å². The number of amides is 1. The third kappa shape index (κ3) is 2.49. The van der Waals surface area contributed by atoms with Gasteiger partial charge in [-0.05, 0) is 32.6 Å². The van der Waals surface area contributed by atoms with Crippen molar-refractivity contribution in [1.82, 2.24) is 10.1 Å². The van der Waals surface area contributed by atoms with Crippen LogP contribution in [0.3, 0.4) is 0 Å². The zero-order valence-corrected chi connectivity index (χ0v) is 10.3. The lowest BCUT2D eigenvalue weighted by atomic mass is 9.92. The average molecular weight is 237 g/mol. The van der Waals surface area contributed by atoms with Crippen LogP contribution in [0.2, 0.25) is 0 Å². The summed E-state index contributed by atoms with van der Waals surface area (Å²) in [6, 6.07) is 0.126. The second kappa shape index (κ2) is 4.87. The third-order valence-electron chi connectivity index (χ3n) is 3.43. The van der Waals surface area contributed by atoms with E-state index in [9.17, 15) is 4.79 Å². The Labute approximate surface area is 101 Å². The first kappa shape index (κ1) is 12.1. The quantitative estimate of drug-likeness (QED) is 0.838. The lowest BCUT2D eigenvalue weighted by Gasteiger charge is -2.34. The molecule has 0 saturated carbocycles. The molecule has 1 fully saturated rings. The third-order valence-corrected chi connectivity index (χ3v) is 3.43. The number of hydrogen-bond acceptors (Lipinski definition) is 4. The summed E-state index contributed by atoms with van der Waals surface area (Å²) in [6.45, 7) is 5.33. The fraction of sp³-hybridized carbons (Fsp3) is 0.667. The maximum atomic E-state index is 12.2. The Kier molecular flexibility index (Phi) is 3.47. The molecule has 2 unspecified atom stereocenters. The zero-order valence-electron chi connectivity index (χ0n) is 10.3. The molecule has 17 heavy (non-hydrogen) atoms. The minimum absolute atomic E-state index is 0.0645. The molecule has 5 nitrogen and oxygen atoms in total. The minimum Gasteiger partial charge on any atom is -0.351 e. The molecule has 0 aromatic carbocycles. The maximum absolute atomic E-state index is 12.2. The van der Waals surface area contributed by atoms with Gasteiger partial charge >= 0.3 is 0 Å². The topological polar surface area (TPSA) is 72.4 Å². The Morgan fingerprint density at radius 1 is 1.71 bits per heavy atom. The maximum Gasteiger partial charge on any atom is 0.292 e. The molecule has 2 heterocycles. The lowest BCUT2D eigenvalue weighted by molar-refractivity contribution is 0.0618. The molecule has 94 valence electrons. The summed E-state index contributed by atoms with van der Waals surface area (Å²) in [4.78, 5) is 14.0. The number of nitrogens with two attached hydrogens (primary N) is 1. The standard InChI is InChI=1S/C12H19N3O2/c1-8-6-14-17-11(8)12(16)15-5-3-4-10(7-15)9(2)13/h6,9-10H,3-5,7,13H2,1-2H3. The van der Waals surface area contributed by atoms with E-state index in [0.29, 0.717) is 11.7 Å². The van der Waals surface area contributed by atoms with Gasteiger partial charge in [0.25, 0.3) is 5.91 Å². The van der Waals surface area contributed by atoms with Crippen LogP contribution in [0.5, 0.6) is 0 Å². The Balaban J connectivity index is 2.07. The van der Waals surface area contributed by atoms with E-state index in [4.69, 9.17) is 10.3 Å². The normalized spacial score (nSPS) is 22.5. The van der Waals surface area contributed by atoms with E-state index in [2.05, 4.69) is 5.16 Å². The smallest absolute Gasteiger partial charge is 0.292 e. The van der Waals surface area contributed by atoms with Crippen molar-refractivity contribution < 1.29 is 9.32 Å². The molecule has 5 heteroatoms. The number of carbonyl (C=O) groups is 1. The van der Waals surface area contributed by atoms with Crippen LogP contribution in [-0.2, 0) is 0 Å². The van der Waals surface area contributed by atoms with Crippen molar-refractivity contribution >= 4 is 5.91 Å². The van der Waals surface area contributed by atoms with Gasteiger partial charge in [0.05, 0.1) is 6.20 Å². The monoisotopic (exact) mass is 237 g/mol. The molecule has 1 amide bonds. The Morgan fingerprint density at radius 3 is 3.06 bits per heavy atom. The van der Waals surface area contributed by atoms with Crippen LogP contribution in [0.1, 0.15) is 35.9 Å². The zero-order chi connectivity index (χ0) is 12.4. The van der Waals surface area contributed by atoms with Gasteiger partial charge in [-0.15, -0.1) is 0 Å². The molecule has 0 bridgehead atoms. The van der Waals surface area contributed by atoms with Gasteiger partial charge in [0.2, 0.25) is 5.76 Å². The van der Waals surface area contributed by atoms with Gasteiger partial charge in [-0.1, -0.05) is 5.16 Å². The predicted molar refractivity (Wildman–Crippen MR) is 63.5 cm³/mol. The molecule has 1 aliphatic rings. The largest absolute Gasteiger partial charge is 0.351 e. The van der Waals surface area contributed by atoms with E-state index in [0.717, 1.165) is 31.5 Å². The first-order valence-electron chi connectivity index (χ1n) is 6.05. The highest BCUT2D eigenvalue weighted by Crippen LogP contribution is 2.21. The van der Waals surface area contributed by atoms with Gasteiger partial charge in [0.15, 0.2) is 0 Å². The molecule has 2 rings (SSSR count). The Hall–Kier alpha value is -1.36. The molecule has 0 spiro atoms. The van der Waals surface area contributed by atoms with E-state index in [1.165, 1.54) is 0 Å². The highest BCUT2D eigenvalue weighted by atomic mass is 16.5. The van der Waals surface area contributed by atoms with Crippen LogP contribution in [-0.4, -0.2) is 35.1 Å². The average Bonchev–Trinajstić information content (AvgIpc) is 2.74. The molecule has 1 saturated heterocycles. The molecule has 0 aliphatic carbocycles. The van der Waals surface area contributed by atoms with Gasteiger partial charge < -0.3 is 15.2 Å². The van der Waals surface area contributed by atoms with Crippen LogP contribution < -0.4 is 5.73 Å². The van der Waals surface area contributed by atoms with E-state index in [1.807, 2.05) is 18.7 Å². The number of piperidine rings is 1. The van der Waals surface area contributed by atoms with Crippen molar-refractivity contribution in [3.63, 3.8) is 0 Å². The number of aryl methyl sites for hydroxylation is 1. The number of aromatic nitrogens is 1. The van der Waals surface area contributed by atoms with Crippen LogP contribution in [0.25, 0.3) is 0 Å². The van der Waals surface area contributed by atoms with E-state index >= 15 is 0 Å². The summed E-state index contributed by atoms with van der Waals surface area (Å²) in [6.07, 6.45) is 3.67. The molecular weight excluding hydrogens is 218 g/mol. The van der Waals surface area contributed by atoms with E-state index in [-0.39, 0.29) is 11.9 Å². The first-order chi connectivity index (χ1) is 8.09. The van der Waals surface area contributed by atoms with Crippen molar-refractivity contribution in [3.05, 3.63) is 17.5 Å². The summed E-state index contributed by atoms with van der Waals surface area (Å²) in [5.74, 6) is 0.677. The molecule has 1 aliphatic heterocycles. The van der Waals surface area contributed by atoms with Crippen LogP contribution >= 0.6 is 0 Å². The number of nitrogens with zero attached hydrogens (tertiary/aromatic N) is 2. The van der Waals surface area contributed by atoms with Gasteiger partial charge in [-0.3, -0.25) is 4.79 Å². The second-order valence-corrected chi connectivity index (χ2v) is 4.85. The van der Waals surface area contributed by atoms with Crippen molar-refractivity contribution in [2.45, 2.75) is 32.7 Å². The summed E-state index contributed by atoms with van der Waals surface area (Å²) in [7, 11) is 0. The summed E-state index contributed by atoms with van der Waals surface area (Å²) in [5.41, 5.74) is 6.69. The van der Waals surface area contributed by atoms with Gasteiger partial charge in [-0.2, -0.15) is 0 Å². The number of likely N-dealkylation sites (tertiary alicyclic amines) is 1. The van der Waals surface area contributed by atoms with Crippen molar-refractivity contribution in [1.29, 1.82) is 0 Å². The predicted octanol–water partition coefficient (Wildman–Crippen LogP) is 1.18. The summed E-state index contributed by atoms with van der Waals surface area (Å²) >= 11 is 0. The van der Waals surface area contributed by atoms with Crippen molar-refractivity contribution in [2.24, 2.45) is 11.7 Å². The highest BCUT2D eigenvalue weighted by Gasteiger charge is 2.28.